The van der Waals surface area contributed by atoms with Crippen molar-refractivity contribution in [3.63, 3.8) is 0 Å². The van der Waals surface area contributed by atoms with Crippen molar-refractivity contribution in [2.24, 2.45) is 5.92 Å². The van der Waals surface area contributed by atoms with Gasteiger partial charge in [-0.1, -0.05) is 12.1 Å². The molecule has 2 atom stereocenters. The van der Waals surface area contributed by atoms with Gasteiger partial charge in [0.15, 0.2) is 5.82 Å². The Kier molecular flexibility index (Phi) is 8.81. The number of alkyl carbamates (subject to hydrolysis) is 1. The third kappa shape index (κ3) is 7.26. The van der Waals surface area contributed by atoms with Crippen molar-refractivity contribution < 1.29 is 23.0 Å². The molecule has 5 rings (SSSR count). The van der Waals surface area contributed by atoms with Crippen molar-refractivity contribution in [1.82, 2.24) is 24.8 Å². The Bertz CT molecular complexity index is 1370. The van der Waals surface area contributed by atoms with Crippen LogP contribution in [0.3, 0.4) is 0 Å². The highest BCUT2D eigenvalue weighted by Gasteiger charge is 2.28. The van der Waals surface area contributed by atoms with Crippen molar-refractivity contribution in [2.75, 3.05) is 29.9 Å². The number of rotatable bonds is 7. The molecule has 228 valence electrons. The van der Waals surface area contributed by atoms with Crippen LogP contribution in [0.4, 0.5) is 25.3 Å². The molecule has 2 fully saturated rings. The number of hydrogen-bond acceptors (Lipinski definition) is 8. The monoisotopic (exact) mass is 585 g/mol. The lowest BCUT2D eigenvalue weighted by Crippen LogP contribution is -2.46. The molecule has 10 nitrogen and oxygen atoms in total. The van der Waals surface area contributed by atoms with Gasteiger partial charge in [0.25, 0.3) is 6.43 Å². The summed E-state index contributed by atoms with van der Waals surface area (Å²) in [6.07, 6.45) is 0.363. The SMILES string of the molecule is C[C@@H]1CN(c2cc(-n3c(C(F)F)nc4ccccc43)nc(NC[C@H]3CC[C@H](NC(=O)OC(C)(C)C)CC3)n2)C[C@H](C)O1. The van der Waals surface area contributed by atoms with Gasteiger partial charge in [-0.25, -0.2) is 18.6 Å². The topological polar surface area (TPSA) is 106 Å². The Labute approximate surface area is 245 Å². The average molecular weight is 586 g/mol. The number of imidazole rings is 1. The quantitative estimate of drug-likeness (QED) is 0.355. The number of amides is 1. The van der Waals surface area contributed by atoms with Gasteiger partial charge in [0, 0.05) is 31.7 Å². The third-order valence-electron chi connectivity index (χ3n) is 7.57. The number of para-hydroxylation sites is 2. The number of carbonyl (C=O) groups excluding carboxylic acids is 1. The number of benzene rings is 1. The number of nitrogens with zero attached hydrogens (tertiary/aromatic N) is 5. The second kappa shape index (κ2) is 12.4. The van der Waals surface area contributed by atoms with Gasteiger partial charge in [-0.3, -0.25) is 4.57 Å². The van der Waals surface area contributed by atoms with Gasteiger partial charge in [0.2, 0.25) is 5.95 Å². The highest BCUT2D eigenvalue weighted by atomic mass is 19.3. The normalized spacial score (nSPS) is 23.3. The molecular formula is C30H41F2N7O3. The minimum atomic E-state index is -2.78. The van der Waals surface area contributed by atoms with E-state index in [0.29, 0.717) is 54.2 Å². The van der Waals surface area contributed by atoms with E-state index < -0.39 is 12.0 Å². The fourth-order valence-electron chi connectivity index (χ4n) is 5.80. The molecule has 12 heteroatoms. The standard InChI is InChI=1S/C30H41F2N7O3/c1-18-16-38(17-19(2)41-18)24-14-25(39-23-9-7-6-8-22(23)35-27(39)26(31)32)37-28(36-24)33-15-20-10-12-21(13-11-20)34-29(40)42-30(3,4)5/h6-9,14,18-21,26H,10-13,15-17H2,1-5H3,(H,34,40)(H,33,36,37)/t18-,19+,20-,21-. The van der Waals surface area contributed by atoms with E-state index in [1.54, 1.807) is 30.3 Å². The maximum Gasteiger partial charge on any atom is 0.407 e. The lowest BCUT2D eigenvalue weighted by atomic mass is 9.86. The number of anilines is 2. The Morgan fingerprint density at radius 2 is 1.71 bits per heavy atom. The summed E-state index contributed by atoms with van der Waals surface area (Å²) in [6.45, 7) is 11.4. The molecule has 0 radical (unpaired) electrons. The van der Waals surface area contributed by atoms with Crippen LogP contribution in [-0.2, 0) is 9.47 Å². The zero-order valence-corrected chi connectivity index (χ0v) is 24.9. The molecule has 1 saturated heterocycles. The van der Waals surface area contributed by atoms with Crippen LogP contribution in [0.5, 0.6) is 0 Å². The minimum Gasteiger partial charge on any atom is -0.444 e. The molecular weight excluding hydrogens is 544 g/mol. The van der Waals surface area contributed by atoms with E-state index in [4.69, 9.17) is 19.4 Å². The van der Waals surface area contributed by atoms with Crippen LogP contribution >= 0.6 is 0 Å². The lowest BCUT2D eigenvalue weighted by molar-refractivity contribution is -0.00546. The second-order valence-electron chi connectivity index (χ2n) is 12.4. The molecule has 0 unspecified atom stereocenters. The van der Waals surface area contributed by atoms with E-state index in [2.05, 4.69) is 20.5 Å². The summed E-state index contributed by atoms with van der Waals surface area (Å²) in [5.41, 5.74) is 0.505. The molecule has 1 aliphatic heterocycles. The van der Waals surface area contributed by atoms with Gasteiger partial charge >= 0.3 is 6.09 Å². The Hall–Kier alpha value is -3.54. The summed E-state index contributed by atoms with van der Waals surface area (Å²) in [7, 11) is 0. The third-order valence-corrected chi connectivity index (χ3v) is 7.57. The van der Waals surface area contributed by atoms with E-state index >= 15 is 0 Å². The Morgan fingerprint density at radius 3 is 2.38 bits per heavy atom. The zero-order chi connectivity index (χ0) is 30.0. The second-order valence-corrected chi connectivity index (χ2v) is 12.4. The molecule has 0 spiro atoms. The molecule has 0 bridgehead atoms. The van der Waals surface area contributed by atoms with E-state index in [-0.39, 0.29) is 30.2 Å². The van der Waals surface area contributed by atoms with Gasteiger partial charge in [0.1, 0.15) is 17.2 Å². The number of halogens is 2. The van der Waals surface area contributed by atoms with Crippen LogP contribution in [0, 0.1) is 5.92 Å². The zero-order valence-electron chi connectivity index (χ0n) is 24.9. The fraction of sp³-hybridized carbons (Fsp3) is 0.600. The molecule has 2 aliphatic rings. The summed E-state index contributed by atoms with van der Waals surface area (Å²) in [5.74, 6) is 1.36. The first-order chi connectivity index (χ1) is 19.9. The smallest absolute Gasteiger partial charge is 0.407 e. The number of aromatic nitrogens is 4. The van der Waals surface area contributed by atoms with Gasteiger partial charge in [-0.05, 0) is 78.4 Å². The maximum atomic E-state index is 14.2. The van der Waals surface area contributed by atoms with E-state index in [0.717, 1.165) is 25.7 Å². The molecule has 2 aromatic heterocycles. The number of carbonyl (C=O) groups is 1. The number of hydrogen-bond donors (Lipinski definition) is 2. The van der Waals surface area contributed by atoms with Crippen molar-refractivity contribution in [3.8, 4) is 5.82 Å². The van der Waals surface area contributed by atoms with Gasteiger partial charge in [0.05, 0.1) is 23.2 Å². The van der Waals surface area contributed by atoms with Crippen LogP contribution in [0.25, 0.3) is 16.9 Å². The number of nitrogens with one attached hydrogen (secondary N) is 2. The van der Waals surface area contributed by atoms with Gasteiger partial charge in [-0.15, -0.1) is 0 Å². The fourth-order valence-corrected chi connectivity index (χ4v) is 5.80. The van der Waals surface area contributed by atoms with Crippen molar-refractivity contribution in [3.05, 3.63) is 36.2 Å². The Balaban J connectivity index is 1.36. The maximum absolute atomic E-state index is 14.2. The van der Waals surface area contributed by atoms with Crippen LogP contribution in [-0.4, -0.2) is 69.1 Å². The minimum absolute atomic E-state index is 0.00116. The Morgan fingerprint density at radius 1 is 1.05 bits per heavy atom. The number of ether oxygens (including phenoxy) is 2. The molecule has 1 aromatic carbocycles. The van der Waals surface area contributed by atoms with Crippen molar-refractivity contribution in [1.29, 1.82) is 0 Å². The first kappa shape index (κ1) is 29.9. The molecule has 2 N–H and O–H groups in total. The number of morpholine rings is 1. The molecule has 1 aliphatic carbocycles. The van der Waals surface area contributed by atoms with E-state index in [9.17, 15) is 13.6 Å². The molecule has 1 saturated carbocycles. The van der Waals surface area contributed by atoms with Crippen molar-refractivity contribution >= 4 is 28.9 Å². The number of fused-ring (bicyclic) bond motifs is 1. The number of alkyl halides is 2. The molecule has 42 heavy (non-hydrogen) atoms. The lowest BCUT2D eigenvalue weighted by Gasteiger charge is -2.36. The highest BCUT2D eigenvalue weighted by Crippen LogP contribution is 2.30. The highest BCUT2D eigenvalue weighted by molar-refractivity contribution is 5.78. The molecule has 3 heterocycles. The van der Waals surface area contributed by atoms with Gasteiger partial charge in [-0.2, -0.15) is 9.97 Å². The average Bonchev–Trinajstić information content (AvgIpc) is 3.31. The molecule has 1 amide bonds. The first-order valence-corrected chi connectivity index (χ1v) is 14.7. The first-order valence-electron chi connectivity index (χ1n) is 14.7. The largest absolute Gasteiger partial charge is 0.444 e. The van der Waals surface area contributed by atoms with Gasteiger partial charge < -0.3 is 25.0 Å². The molecule has 3 aromatic rings. The predicted molar refractivity (Wildman–Crippen MR) is 157 cm³/mol. The predicted octanol–water partition coefficient (Wildman–Crippen LogP) is 5.86. The summed E-state index contributed by atoms with van der Waals surface area (Å²) in [6, 6.07) is 8.90. The van der Waals surface area contributed by atoms with Crippen molar-refractivity contribution in [2.45, 2.75) is 90.6 Å². The summed E-state index contributed by atoms with van der Waals surface area (Å²) < 4.78 is 41.1. The van der Waals surface area contributed by atoms with E-state index in [1.807, 2.05) is 34.6 Å². The summed E-state index contributed by atoms with van der Waals surface area (Å²) >= 11 is 0. The van der Waals surface area contributed by atoms with Crippen LogP contribution in [0.15, 0.2) is 30.3 Å². The van der Waals surface area contributed by atoms with Crippen LogP contribution in [0.1, 0.15) is 72.6 Å². The summed E-state index contributed by atoms with van der Waals surface area (Å²) in [5, 5.41) is 6.37. The van der Waals surface area contributed by atoms with Crippen LogP contribution < -0.4 is 15.5 Å². The van der Waals surface area contributed by atoms with Crippen LogP contribution in [0.2, 0.25) is 0 Å². The summed E-state index contributed by atoms with van der Waals surface area (Å²) in [4.78, 5) is 28.0. The van der Waals surface area contributed by atoms with E-state index in [1.165, 1.54) is 4.57 Å².